The number of Topliss-reactive ketones (excluding diaryl/α,β-unsaturated/α-hetero) is 1. The van der Waals surface area contributed by atoms with Crippen LogP contribution in [0.2, 0.25) is 0 Å². The molecule has 0 aliphatic heterocycles. The van der Waals surface area contributed by atoms with Crippen molar-refractivity contribution in [1.29, 1.82) is 0 Å². The number of rotatable bonds is 17. The monoisotopic (exact) mass is 662 g/mol. The lowest BCUT2D eigenvalue weighted by atomic mass is 9.64. The fourth-order valence-electron chi connectivity index (χ4n) is 7.00. The van der Waals surface area contributed by atoms with Gasteiger partial charge in [0, 0.05) is 18.4 Å². The molecule has 6 nitrogen and oxygen atoms in total. The maximum atomic E-state index is 13.2. The molecule has 266 valence electrons. The minimum Gasteiger partial charge on any atom is -0.496 e. The van der Waals surface area contributed by atoms with E-state index in [1.807, 2.05) is 33.8 Å². The van der Waals surface area contributed by atoms with Gasteiger partial charge in [0.05, 0.1) is 19.3 Å². The maximum absolute atomic E-state index is 13.2. The van der Waals surface area contributed by atoms with Crippen molar-refractivity contribution in [3.63, 3.8) is 0 Å². The topological polar surface area (TPSA) is 71.1 Å². The molecule has 0 heterocycles. The Morgan fingerprint density at radius 2 is 1.58 bits per heavy atom. The standard InChI is InChI=1S/C42H62O6/c1-27(2)37-17-13-16-32(41(37)45-11)15-12-14-30(7)18-20-34(43)25-40(44)48-39-22-31(8)19-21-38(39)42(9,10)33-23-35(46-28(3)4)26-36(24-33)47-29(5)6/h13-14,16-17,23-24,26-29,31,38-39H,12,15,18-22,25H2,1-11H3/b30-14+/t31-,38-,39+/m1/s1. The van der Waals surface area contributed by atoms with Gasteiger partial charge in [-0.25, -0.2) is 0 Å². The Bertz CT molecular complexity index is 1360. The fraction of sp³-hybridized carbons (Fsp3) is 0.619. The molecule has 0 radical (unpaired) electrons. The van der Waals surface area contributed by atoms with E-state index in [1.54, 1.807) is 7.11 Å². The van der Waals surface area contributed by atoms with Crippen LogP contribution in [0.5, 0.6) is 17.2 Å². The molecule has 0 unspecified atom stereocenters. The number of carbonyl (C=O) groups is 2. The van der Waals surface area contributed by atoms with Gasteiger partial charge < -0.3 is 18.9 Å². The van der Waals surface area contributed by atoms with Gasteiger partial charge in [-0.2, -0.15) is 0 Å². The third-order valence-corrected chi connectivity index (χ3v) is 9.63. The summed E-state index contributed by atoms with van der Waals surface area (Å²) < 4.78 is 24.1. The summed E-state index contributed by atoms with van der Waals surface area (Å²) in [6.07, 6.45) is 7.33. The molecule has 0 saturated heterocycles. The van der Waals surface area contributed by atoms with Gasteiger partial charge in [-0.1, -0.05) is 70.9 Å². The zero-order valence-corrected chi connectivity index (χ0v) is 31.6. The van der Waals surface area contributed by atoms with Gasteiger partial charge in [0.1, 0.15) is 35.6 Å². The van der Waals surface area contributed by atoms with Crippen LogP contribution in [0, 0.1) is 11.8 Å². The highest BCUT2D eigenvalue weighted by atomic mass is 16.5. The van der Waals surface area contributed by atoms with Crippen molar-refractivity contribution in [1.82, 2.24) is 0 Å². The van der Waals surface area contributed by atoms with E-state index < -0.39 is 5.97 Å². The van der Waals surface area contributed by atoms with Crippen molar-refractivity contribution < 1.29 is 28.5 Å². The summed E-state index contributed by atoms with van der Waals surface area (Å²) >= 11 is 0. The molecule has 0 bridgehead atoms. The first kappa shape index (κ1) is 39.2. The molecular formula is C42H62O6. The molecule has 48 heavy (non-hydrogen) atoms. The second-order valence-corrected chi connectivity index (χ2v) is 15.3. The lowest BCUT2D eigenvalue weighted by Gasteiger charge is -2.44. The van der Waals surface area contributed by atoms with Crippen molar-refractivity contribution in [3.8, 4) is 17.2 Å². The first-order valence-electron chi connectivity index (χ1n) is 18.1. The van der Waals surface area contributed by atoms with Gasteiger partial charge in [0.25, 0.3) is 0 Å². The minimum atomic E-state index is -0.417. The third kappa shape index (κ3) is 11.4. The molecule has 0 amide bonds. The zero-order chi connectivity index (χ0) is 35.6. The average molecular weight is 663 g/mol. The summed E-state index contributed by atoms with van der Waals surface area (Å²) in [5.41, 5.74) is 4.36. The lowest BCUT2D eigenvalue weighted by Crippen LogP contribution is -2.43. The summed E-state index contributed by atoms with van der Waals surface area (Å²) in [5, 5.41) is 0. The number of methoxy groups -OCH3 is 1. The first-order chi connectivity index (χ1) is 22.6. The number of esters is 1. The summed E-state index contributed by atoms with van der Waals surface area (Å²) in [4.78, 5) is 26.1. The van der Waals surface area contributed by atoms with Crippen molar-refractivity contribution in [2.24, 2.45) is 11.8 Å². The van der Waals surface area contributed by atoms with E-state index in [0.717, 1.165) is 60.5 Å². The van der Waals surface area contributed by atoms with Gasteiger partial charge >= 0.3 is 5.97 Å². The second-order valence-electron chi connectivity index (χ2n) is 15.3. The van der Waals surface area contributed by atoms with Gasteiger partial charge in [-0.05, 0) is 113 Å². The Morgan fingerprint density at radius 3 is 2.17 bits per heavy atom. The van der Waals surface area contributed by atoms with Crippen LogP contribution in [0.1, 0.15) is 137 Å². The first-order valence-corrected chi connectivity index (χ1v) is 18.1. The highest BCUT2D eigenvalue weighted by Crippen LogP contribution is 2.45. The predicted molar refractivity (Wildman–Crippen MR) is 195 cm³/mol. The van der Waals surface area contributed by atoms with Crippen molar-refractivity contribution in [3.05, 3.63) is 64.7 Å². The number of carbonyl (C=O) groups excluding carboxylic acids is 2. The van der Waals surface area contributed by atoms with Crippen molar-refractivity contribution in [2.75, 3.05) is 7.11 Å². The number of para-hydroxylation sites is 1. The van der Waals surface area contributed by atoms with Crippen molar-refractivity contribution >= 4 is 11.8 Å². The van der Waals surface area contributed by atoms with E-state index in [1.165, 1.54) is 11.1 Å². The molecule has 3 atom stereocenters. The van der Waals surface area contributed by atoms with Crippen LogP contribution in [-0.4, -0.2) is 37.2 Å². The molecular weight excluding hydrogens is 600 g/mol. The molecule has 0 N–H and O–H groups in total. The number of hydrogen-bond donors (Lipinski definition) is 0. The van der Waals surface area contributed by atoms with Gasteiger partial charge in [-0.15, -0.1) is 0 Å². The second kappa shape index (κ2) is 17.9. The van der Waals surface area contributed by atoms with Crippen LogP contribution in [0.3, 0.4) is 0 Å². The number of aryl methyl sites for hydroxylation is 1. The van der Waals surface area contributed by atoms with Crippen LogP contribution >= 0.6 is 0 Å². The molecule has 1 aliphatic carbocycles. The summed E-state index contributed by atoms with van der Waals surface area (Å²) in [5.74, 6) is 2.97. The average Bonchev–Trinajstić information content (AvgIpc) is 2.98. The van der Waals surface area contributed by atoms with E-state index in [0.29, 0.717) is 24.7 Å². The largest absolute Gasteiger partial charge is 0.496 e. The normalized spacial score (nSPS) is 18.7. The molecule has 3 rings (SSSR count). The Balaban J connectivity index is 1.62. The molecule has 1 fully saturated rings. The summed E-state index contributed by atoms with van der Waals surface area (Å²) in [6, 6.07) is 12.5. The molecule has 1 aliphatic rings. The number of hydrogen-bond acceptors (Lipinski definition) is 6. The number of benzene rings is 2. The van der Waals surface area contributed by atoms with E-state index >= 15 is 0 Å². The highest BCUT2D eigenvalue weighted by Gasteiger charge is 2.42. The SMILES string of the molecule is COc1c(CC/C=C(\C)CCC(=O)CC(=O)O[C@H]2C[C@H](C)CC[C@H]2C(C)(C)c2cc(OC(C)C)cc(OC(C)C)c2)cccc1C(C)C. The number of allylic oxidation sites excluding steroid dienone is 2. The van der Waals surface area contributed by atoms with Crippen molar-refractivity contribution in [2.45, 2.75) is 150 Å². The van der Waals surface area contributed by atoms with Crippen LogP contribution in [0.25, 0.3) is 0 Å². The van der Waals surface area contributed by atoms with Crippen LogP contribution in [0.4, 0.5) is 0 Å². The van der Waals surface area contributed by atoms with E-state index in [2.05, 4.69) is 78.0 Å². The van der Waals surface area contributed by atoms with Gasteiger partial charge in [-0.3, -0.25) is 9.59 Å². The molecule has 6 heteroatoms. The van der Waals surface area contributed by atoms with E-state index in [9.17, 15) is 9.59 Å². The van der Waals surface area contributed by atoms with Crippen LogP contribution < -0.4 is 14.2 Å². The Kier molecular flexibility index (Phi) is 14.6. The van der Waals surface area contributed by atoms with Gasteiger partial charge in [0.2, 0.25) is 0 Å². The fourth-order valence-corrected chi connectivity index (χ4v) is 7.00. The summed E-state index contributed by atoms with van der Waals surface area (Å²) in [6.45, 7) is 21.1. The zero-order valence-electron chi connectivity index (χ0n) is 31.6. The molecule has 2 aromatic rings. The number of ketones is 1. The third-order valence-electron chi connectivity index (χ3n) is 9.63. The smallest absolute Gasteiger partial charge is 0.313 e. The predicted octanol–water partition coefficient (Wildman–Crippen LogP) is 10.3. The van der Waals surface area contributed by atoms with Gasteiger partial charge in [0.15, 0.2) is 0 Å². The lowest BCUT2D eigenvalue weighted by molar-refractivity contribution is -0.157. The molecule has 0 spiro atoms. The van der Waals surface area contributed by atoms with Crippen LogP contribution in [0.15, 0.2) is 48.0 Å². The highest BCUT2D eigenvalue weighted by molar-refractivity contribution is 5.95. The Labute approximate surface area is 291 Å². The Hall–Kier alpha value is -3.28. The molecule has 1 saturated carbocycles. The number of ether oxygens (including phenoxy) is 4. The minimum absolute atomic E-state index is 0.0350. The van der Waals surface area contributed by atoms with Crippen LogP contribution in [-0.2, 0) is 26.2 Å². The maximum Gasteiger partial charge on any atom is 0.313 e. The Morgan fingerprint density at radius 1 is 0.938 bits per heavy atom. The van der Waals surface area contributed by atoms with E-state index in [-0.39, 0.29) is 41.8 Å². The molecule has 0 aromatic heterocycles. The quantitative estimate of drug-likeness (QED) is 0.0954. The molecule has 2 aromatic carbocycles. The summed E-state index contributed by atoms with van der Waals surface area (Å²) in [7, 11) is 1.74. The van der Waals surface area contributed by atoms with E-state index in [4.69, 9.17) is 18.9 Å².